The summed E-state index contributed by atoms with van der Waals surface area (Å²) in [5, 5.41) is 7.68. The van der Waals surface area contributed by atoms with Crippen LogP contribution in [0.3, 0.4) is 0 Å². The first-order valence-corrected chi connectivity index (χ1v) is 5.07. The zero-order valence-corrected chi connectivity index (χ0v) is 8.44. The molecule has 0 aromatic carbocycles. The Morgan fingerprint density at radius 2 is 2.29 bits per heavy atom. The van der Waals surface area contributed by atoms with Crippen LogP contribution in [0.25, 0.3) is 0 Å². The lowest BCUT2D eigenvalue weighted by atomic mass is 9.89. The highest BCUT2D eigenvalue weighted by molar-refractivity contribution is 5.70. The van der Waals surface area contributed by atoms with Gasteiger partial charge in [-0.25, -0.2) is 0 Å². The van der Waals surface area contributed by atoms with Crippen molar-refractivity contribution in [3.63, 3.8) is 0 Å². The van der Waals surface area contributed by atoms with Gasteiger partial charge in [-0.2, -0.15) is 0 Å². The van der Waals surface area contributed by atoms with Gasteiger partial charge in [0.2, 0.25) is 0 Å². The lowest BCUT2D eigenvalue weighted by Crippen LogP contribution is -2.19. The molecule has 1 fully saturated rings. The van der Waals surface area contributed by atoms with Crippen LogP contribution in [-0.4, -0.2) is 21.3 Å². The van der Waals surface area contributed by atoms with E-state index < -0.39 is 0 Å². The fourth-order valence-electron chi connectivity index (χ4n) is 2.22. The molecule has 76 valence electrons. The topological polar surface area (TPSA) is 47.8 Å². The maximum Gasteiger partial charge on any atom is 0.171 e. The minimum atomic E-state index is 0.355. The molecule has 1 aromatic heterocycles. The zero-order valence-electron chi connectivity index (χ0n) is 8.44. The predicted molar refractivity (Wildman–Crippen MR) is 52.0 cm³/mol. The molecule has 4 heteroatoms. The lowest BCUT2D eigenvalue weighted by molar-refractivity contribution is 0.111. The Hall–Kier alpha value is -1.19. The van der Waals surface area contributed by atoms with E-state index in [-0.39, 0.29) is 0 Å². The van der Waals surface area contributed by atoms with E-state index in [4.69, 9.17) is 0 Å². The SMILES string of the molecule is CC1(Cn2cc(C=O)nn2)CCCC1. The van der Waals surface area contributed by atoms with Crippen molar-refractivity contribution in [2.45, 2.75) is 39.2 Å². The van der Waals surface area contributed by atoms with Gasteiger partial charge in [-0.1, -0.05) is 25.0 Å². The standard InChI is InChI=1S/C10H15N3O/c1-10(4-2-3-5-10)8-13-6-9(7-14)11-12-13/h6-7H,2-5,8H2,1H3. The average Bonchev–Trinajstić information content (AvgIpc) is 2.75. The van der Waals surface area contributed by atoms with Crippen LogP contribution < -0.4 is 0 Å². The Morgan fingerprint density at radius 1 is 1.57 bits per heavy atom. The molecule has 1 aromatic rings. The number of carbonyl (C=O) groups is 1. The fourth-order valence-corrected chi connectivity index (χ4v) is 2.22. The van der Waals surface area contributed by atoms with E-state index in [0.717, 1.165) is 12.8 Å². The number of hydrogen-bond acceptors (Lipinski definition) is 3. The average molecular weight is 193 g/mol. The monoisotopic (exact) mass is 193 g/mol. The number of aldehydes is 1. The Balaban J connectivity index is 2.05. The van der Waals surface area contributed by atoms with Crippen molar-refractivity contribution in [3.8, 4) is 0 Å². The highest BCUT2D eigenvalue weighted by atomic mass is 16.1. The van der Waals surface area contributed by atoms with Crippen molar-refractivity contribution in [2.24, 2.45) is 5.41 Å². The molecule has 1 heterocycles. The molecule has 0 saturated heterocycles. The van der Waals surface area contributed by atoms with Crippen molar-refractivity contribution in [1.29, 1.82) is 0 Å². The summed E-state index contributed by atoms with van der Waals surface area (Å²) in [6.07, 6.45) is 7.58. The van der Waals surface area contributed by atoms with Gasteiger partial charge in [-0.3, -0.25) is 9.48 Å². The third kappa shape index (κ3) is 1.84. The summed E-state index contributed by atoms with van der Waals surface area (Å²) in [6.45, 7) is 3.16. The maximum atomic E-state index is 10.4. The molecule has 0 bridgehead atoms. The third-order valence-corrected chi connectivity index (χ3v) is 3.03. The molecule has 0 unspecified atom stereocenters. The molecule has 0 aliphatic heterocycles. The maximum absolute atomic E-state index is 10.4. The summed E-state index contributed by atoms with van der Waals surface area (Å²) in [7, 11) is 0. The molecule has 0 amide bonds. The number of aromatic nitrogens is 3. The molecule has 0 N–H and O–H groups in total. The van der Waals surface area contributed by atoms with Gasteiger partial charge < -0.3 is 0 Å². The van der Waals surface area contributed by atoms with E-state index in [1.807, 2.05) is 0 Å². The van der Waals surface area contributed by atoms with Crippen LogP contribution >= 0.6 is 0 Å². The second-order valence-electron chi connectivity index (χ2n) is 4.48. The van der Waals surface area contributed by atoms with Crippen molar-refractivity contribution >= 4 is 6.29 Å². The number of hydrogen-bond donors (Lipinski definition) is 0. The highest BCUT2D eigenvalue weighted by Gasteiger charge is 2.29. The lowest BCUT2D eigenvalue weighted by Gasteiger charge is -2.22. The van der Waals surface area contributed by atoms with E-state index in [2.05, 4.69) is 17.2 Å². The first kappa shape index (κ1) is 9.37. The minimum absolute atomic E-state index is 0.355. The van der Waals surface area contributed by atoms with E-state index >= 15 is 0 Å². The zero-order chi connectivity index (χ0) is 10.0. The fraction of sp³-hybridized carbons (Fsp3) is 0.700. The number of rotatable bonds is 3. The van der Waals surface area contributed by atoms with Gasteiger partial charge in [0.05, 0.1) is 6.20 Å². The van der Waals surface area contributed by atoms with Crippen LogP contribution in [0.2, 0.25) is 0 Å². The van der Waals surface area contributed by atoms with Crippen LogP contribution in [0.15, 0.2) is 6.20 Å². The van der Waals surface area contributed by atoms with Crippen molar-refractivity contribution in [1.82, 2.24) is 15.0 Å². The molecule has 2 rings (SSSR count). The van der Waals surface area contributed by atoms with Crippen LogP contribution in [0.5, 0.6) is 0 Å². The largest absolute Gasteiger partial charge is 0.296 e. The Kier molecular flexibility index (Phi) is 2.35. The molecule has 0 spiro atoms. The van der Waals surface area contributed by atoms with Crippen molar-refractivity contribution < 1.29 is 4.79 Å². The molecule has 0 radical (unpaired) electrons. The number of carbonyl (C=O) groups excluding carboxylic acids is 1. The highest BCUT2D eigenvalue weighted by Crippen LogP contribution is 2.38. The van der Waals surface area contributed by atoms with E-state index in [9.17, 15) is 4.79 Å². The van der Waals surface area contributed by atoms with Crippen molar-refractivity contribution in [2.75, 3.05) is 0 Å². The van der Waals surface area contributed by atoms with Crippen LogP contribution in [0, 0.1) is 5.41 Å². The van der Waals surface area contributed by atoms with Gasteiger partial charge in [0.25, 0.3) is 0 Å². The molecule has 14 heavy (non-hydrogen) atoms. The summed E-state index contributed by atoms with van der Waals surface area (Å²) in [4.78, 5) is 10.4. The normalized spacial score (nSPS) is 19.8. The molecular formula is C10H15N3O. The van der Waals surface area contributed by atoms with Gasteiger partial charge in [-0.15, -0.1) is 5.10 Å². The summed E-state index contributed by atoms with van der Waals surface area (Å²) in [5.41, 5.74) is 0.778. The summed E-state index contributed by atoms with van der Waals surface area (Å²) in [5.74, 6) is 0. The third-order valence-electron chi connectivity index (χ3n) is 3.03. The summed E-state index contributed by atoms with van der Waals surface area (Å²) < 4.78 is 1.79. The smallest absolute Gasteiger partial charge is 0.171 e. The Bertz CT molecular complexity index is 326. The van der Waals surface area contributed by atoms with E-state index in [1.165, 1.54) is 25.7 Å². The summed E-state index contributed by atoms with van der Waals surface area (Å²) >= 11 is 0. The molecule has 1 aliphatic rings. The van der Waals surface area contributed by atoms with Crippen LogP contribution in [0.4, 0.5) is 0 Å². The molecule has 4 nitrogen and oxygen atoms in total. The Labute approximate surface area is 83.3 Å². The molecule has 0 atom stereocenters. The van der Waals surface area contributed by atoms with Gasteiger partial charge >= 0.3 is 0 Å². The van der Waals surface area contributed by atoms with Gasteiger partial charge in [0.1, 0.15) is 5.69 Å². The first-order chi connectivity index (χ1) is 6.72. The van der Waals surface area contributed by atoms with Gasteiger partial charge in [0, 0.05) is 6.54 Å². The van der Waals surface area contributed by atoms with Crippen LogP contribution in [0.1, 0.15) is 43.1 Å². The number of nitrogens with zero attached hydrogens (tertiary/aromatic N) is 3. The summed E-state index contributed by atoms with van der Waals surface area (Å²) in [6, 6.07) is 0. The van der Waals surface area contributed by atoms with Crippen LogP contribution in [-0.2, 0) is 6.54 Å². The van der Waals surface area contributed by atoms with Crippen molar-refractivity contribution in [3.05, 3.63) is 11.9 Å². The van der Waals surface area contributed by atoms with E-state index in [0.29, 0.717) is 11.1 Å². The van der Waals surface area contributed by atoms with Gasteiger partial charge in [0.15, 0.2) is 6.29 Å². The van der Waals surface area contributed by atoms with Gasteiger partial charge in [-0.05, 0) is 18.3 Å². The predicted octanol–water partition coefficient (Wildman–Crippen LogP) is 1.67. The Morgan fingerprint density at radius 3 is 2.86 bits per heavy atom. The molecule has 1 saturated carbocycles. The second kappa shape index (κ2) is 3.52. The minimum Gasteiger partial charge on any atom is -0.296 e. The first-order valence-electron chi connectivity index (χ1n) is 5.07. The molecular weight excluding hydrogens is 178 g/mol. The second-order valence-corrected chi connectivity index (χ2v) is 4.48. The quantitative estimate of drug-likeness (QED) is 0.686. The molecule has 1 aliphatic carbocycles. The van der Waals surface area contributed by atoms with E-state index in [1.54, 1.807) is 10.9 Å².